The fraction of sp³-hybridized carbons (Fsp3) is 0. The Kier molecular flexibility index (Phi) is 3.23. The first-order valence-electron chi connectivity index (χ1n) is 6.24. The van der Waals surface area contributed by atoms with Gasteiger partial charge in [0, 0.05) is 24.2 Å². The Morgan fingerprint density at radius 3 is 2.23 bits per heavy atom. The molecule has 2 aromatic heterocycles. The smallest absolute Gasteiger partial charge is 0.355 e. The standard InChI is InChI=1S/C15H9N3O4/c19-14(20)9-3-4-18-13(15(21)22)12(9)8-1-2-10-11(7-8)17-6-5-16-10/h1-7H,(H,19,20)(H,21,22). The number of hydrogen-bond donors (Lipinski definition) is 2. The van der Waals surface area contributed by atoms with E-state index in [-0.39, 0.29) is 16.8 Å². The molecule has 0 fully saturated rings. The fourth-order valence-corrected chi connectivity index (χ4v) is 2.21. The summed E-state index contributed by atoms with van der Waals surface area (Å²) >= 11 is 0. The molecule has 0 aliphatic heterocycles. The van der Waals surface area contributed by atoms with Crippen molar-refractivity contribution in [3.63, 3.8) is 0 Å². The van der Waals surface area contributed by atoms with Crippen LogP contribution in [0.4, 0.5) is 0 Å². The van der Waals surface area contributed by atoms with Gasteiger partial charge in [0.2, 0.25) is 0 Å². The lowest BCUT2D eigenvalue weighted by Crippen LogP contribution is -2.09. The highest BCUT2D eigenvalue weighted by atomic mass is 16.4. The number of aromatic carboxylic acids is 2. The Bertz CT molecular complexity index is 876. The third-order valence-corrected chi connectivity index (χ3v) is 3.14. The number of carbonyl (C=O) groups is 2. The fourth-order valence-electron chi connectivity index (χ4n) is 2.21. The van der Waals surface area contributed by atoms with E-state index in [9.17, 15) is 19.8 Å². The molecule has 0 saturated heterocycles. The minimum absolute atomic E-state index is 0.0510. The van der Waals surface area contributed by atoms with Crippen LogP contribution in [0, 0.1) is 0 Å². The molecule has 0 saturated carbocycles. The zero-order chi connectivity index (χ0) is 15.7. The predicted molar refractivity (Wildman–Crippen MR) is 76.7 cm³/mol. The van der Waals surface area contributed by atoms with E-state index >= 15 is 0 Å². The molecule has 0 spiro atoms. The minimum atomic E-state index is -1.29. The van der Waals surface area contributed by atoms with E-state index in [1.54, 1.807) is 18.2 Å². The van der Waals surface area contributed by atoms with Crippen LogP contribution in [0.5, 0.6) is 0 Å². The lowest BCUT2D eigenvalue weighted by atomic mass is 9.97. The largest absolute Gasteiger partial charge is 0.478 e. The molecule has 7 heteroatoms. The molecule has 0 amide bonds. The summed E-state index contributed by atoms with van der Waals surface area (Å²) in [7, 11) is 0. The maximum absolute atomic E-state index is 11.4. The van der Waals surface area contributed by atoms with Crippen LogP contribution in [-0.2, 0) is 0 Å². The second kappa shape index (κ2) is 5.21. The van der Waals surface area contributed by atoms with Crippen molar-refractivity contribution in [3.05, 3.63) is 54.1 Å². The lowest BCUT2D eigenvalue weighted by molar-refractivity contribution is 0.0691. The van der Waals surface area contributed by atoms with Gasteiger partial charge in [-0.25, -0.2) is 14.6 Å². The predicted octanol–water partition coefficient (Wildman–Crippen LogP) is 2.09. The monoisotopic (exact) mass is 295 g/mol. The highest BCUT2D eigenvalue weighted by Gasteiger charge is 2.21. The topological polar surface area (TPSA) is 113 Å². The Hall–Kier alpha value is -3.35. The highest BCUT2D eigenvalue weighted by Crippen LogP contribution is 2.28. The number of aromatic nitrogens is 3. The van der Waals surface area contributed by atoms with Crippen molar-refractivity contribution in [2.24, 2.45) is 0 Å². The number of carboxylic acids is 2. The summed E-state index contributed by atoms with van der Waals surface area (Å²) in [6.45, 7) is 0. The van der Waals surface area contributed by atoms with Gasteiger partial charge in [-0.15, -0.1) is 0 Å². The van der Waals surface area contributed by atoms with Gasteiger partial charge in [-0.3, -0.25) is 9.97 Å². The summed E-state index contributed by atoms with van der Waals surface area (Å²) in [5.74, 6) is -2.52. The maximum atomic E-state index is 11.4. The van der Waals surface area contributed by atoms with Gasteiger partial charge >= 0.3 is 11.9 Å². The van der Waals surface area contributed by atoms with E-state index in [0.29, 0.717) is 16.6 Å². The molecule has 1 aromatic carbocycles. The Labute approximate surface area is 123 Å². The van der Waals surface area contributed by atoms with Gasteiger partial charge < -0.3 is 10.2 Å². The van der Waals surface area contributed by atoms with Crippen molar-refractivity contribution in [1.29, 1.82) is 0 Å². The molecule has 7 nitrogen and oxygen atoms in total. The van der Waals surface area contributed by atoms with Gasteiger partial charge in [0.15, 0.2) is 5.69 Å². The van der Waals surface area contributed by atoms with Gasteiger partial charge in [0.25, 0.3) is 0 Å². The van der Waals surface area contributed by atoms with Crippen molar-refractivity contribution in [2.45, 2.75) is 0 Å². The van der Waals surface area contributed by atoms with E-state index in [4.69, 9.17) is 0 Å². The number of carboxylic acid groups (broad SMARTS) is 2. The number of fused-ring (bicyclic) bond motifs is 1. The maximum Gasteiger partial charge on any atom is 0.355 e. The molecule has 0 atom stereocenters. The van der Waals surface area contributed by atoms with Gasteiger partial charge in [-0.2, -0.15) is 0 Å². The van der Waals surface area contributed by atoms with E-state index < -0.39 is 11.9 Å². The van der Waals surface area contributed by atoms with Crippen molar-refractivity contribution in [2.75, 3.05) is 0 Å². The summed E-state index contributed by atoms with van der Waals surface area (Å²) in [5, 5.41) is 18.6. The molecule has 108 valence electrons. The van der Waals surface area contributed by atoms with Crippen LogP contribution in [0.25, 0.3) is 22.2 Å². The zero-order valence-electron chi connectivity index (χ0n) is 11.1. The summed E-state index contributed by atoms with van der Waals surface area (Å²) in [6, 6.07) is 6.12. The SMILES string of the molecule is O=C(O)c1ccnc(C(=O)O)c1-c1ccc2nccnc2c1. The average Bonchev–Trinajstić information content (AvgIpc) is 2.53. The quantitative estimate of drug-likeness (QED) is 0.760. The van der Waals surface area contributed by atoms with E-state index in [0.717, 1.165) is 6.20 Å². The van der Waals surface area contributed by atoms with Crippen molar-refractivity contribution >= 4 is 23.0 Å². The summed E-state index contributed by atoms with van der Waals surface area (Å²) in [6.07, 6.45) is 4.21. The second-order valence-corrected chi connectivity index (χ2v) is 4.45. The molecular weight excluding hydrogens is 286 g/mol. The molecular formula is C15H9N3O4. The van der Waals surface area contributed by atoms with Crippen LogP contribution in [0.2, 0.25) is 0 Å². The second-order valence-electron chi connectivity index (χ2n) is 4.45. The zero-order valence-corrected chi connectivity index (χ0v) is 11.1. The van der Waals surface area contributed by atoms with E-state index in [2.05, 4.69) is 15.0 Å². The Balaban J connectivity index is 2.33. The minimum Gasteiger partial charge on any atom is -0.478 e. The molecule has 22 heavy (non-hydrogen) atoms. The molecule has 0 aliphatic rings. The first kappa shape index (κ1) is 13.6. The van der Waals surface area contributed by atoms with E-state index in [1.165, 1.54) is 18.5 Å². The van der Waals surface area contributed by atoms with Crippen molar-refractivity contribution < 1.29 is 19.8 Å². The summed E-state index contributed by atoms with van der Waals surface area (Å²) in [4.78, 5) is 34.8. The van der Waals surface area contributed by atoms with Gasteiger partial charge in [0.1, 0.15) is 0 Å². The number of hydrogen-bond acceptors (Lipinski definition) is 5. The third kappa shape index (κ3) is 2.24. The molecule has 0 radical (unpaired) electrons. The van der Waals surface area contributed by atoms with Crippen LogP contribution < -0.4 is 0 Å². The average molecular weight is 295 g/mol. The molecule has 3 rings (SSSR count). The van der Waals surface area contributed by atoms with Crippen molar-refractivity contribution in [3.8, 4) is 11.1 Å². The van der Waals surface area contributed by atoms with Gasteiger partial charge in [-0.1, -0.05) is 6.07 Å². The number of pyridine rings is 1. The Morgan fingerprint density at radius 2 is 1.55 bits per heavy atom. The highest BCUT2D eigenvalue weighted by molar-refractivity contribution is 6.04. The first-order chi connectivity index (χ1) is 10.6. The van der Waals surface area contributed by atoms with Crippen LogP contribution in [0.15, 0.2) is 42.9 Å². The Morgan fingerprint density at radius 1 is 0.818 bits per heavy atom. The van der Waals surface area contributed by atoms with Crippen LogP contribution >= 0.6 is 0 Å². The summed E-state index contributed by atoms with van der Waals surface area (Å²) in [5.41, 5.74) is 1.19. The van der Waals surface area contributed by atoms with Gasteiger partial charge in [-0.05, 0) is 23.8 Å². The number of benzene rings is 1. The lowest BCUT2D eigenvalue weighted by Gasteiger charge is -2.09. The molecule has 0 bridgehead atoms. The third-order valence-electron chi connectivity index (χ3n) is 3.14. The van der Waals surface area contributed by atoms with Crippen LogP contribution in [0.3, 0.4) is 0 Å². The molecule has 0 unspecified atom stereocenters. The summed E-state index contributed by atoms with van der Waals surface area (Å²) < 4.78 is 0. The first-order valence-corrected chi connectivity index (χ1v) is 6.24. The van der Waals surface area contributed by atoms with Gasteiger partial charge in [0.05, 0.1) is 16.6 Å². The number of rotatable bonds is 3. The molecule has 2 heterocycles. The van der Waals surface area contributed by atoms with Crippen LogP contribution in [0.1, 0.15) is 20.8 Å². The molecule has 2 N–H and O–H groups in total. The molecule has 0 aliphatic carbocycles. The van der Waals surface area contributed by atoms with Crippen molar-refractivity contribution in [1.82, 2.24) is 15.0 Å². The molecule has 3 aromatic rings. The normalized spacial score (nSPS) is 10.5. The van der Waals surface area contributed by atoms with Crippen LogP contribution in [-0.4, -0.2) is 37.1 Å². The van der Waals surface area contributed by atoms with E-state index in [1.807, 2.05) is 0 Å². The number of nitrogens with zero attached hydrogens (tertiary/aromatic N) is 3.